The second kappa shape index (κ2) is 3.38. The maximum atomic E-state index is 3.52. The Morgan fingerprint density at radius 2 is 2.20 bits per heavy atom. The topological polar surface area (TPSA) is 27.8 Å². The Labute approximate surface area is 89.7 Å². The first kappa shape index (κ1) is 8.98. The fraction of sp³-hybridized carbons (Fsp3) is 0.385. The zero-order chi connectivity index (χ0) is 10.3. The third-order valence-corrected chi connectivity index (χ3v) is 3.42. The van der Waals surface area contributed by atoms with Crippen LogP contribution in [0.1, 0.15) is 30.5 Å². The van der Waals surface area contributed by atoms with Crippen LogP contribution in [-0.4, -0.2) is 11.5 Å². The minimum atomic E-state index is 0.671. The summed E-state index contributed by atoms with van der Waals surface area (Å²) in [7, 11) is 0. The van der Waals surface area contributed by atoms with Gasteiger partial charge in [-0.25, -0.2) is 0 Å². The van der Waals surface area contributed by atoms with E-state index in [0.717, 1.165) is 13.1 Å². The van der Waals surface area contributed by atoms with E-state index in [9.17, 15) is 0 Å². The molecule has 0 saturated heterocycles. The Morgan fingerprint density at radius 3 is 3.07 bits per heavy atom. The molecular formula is C13H16N2. The van der Waals surface area contributed by atoms with Crippen molar-refractivity contribution in [2.45, 2.75) is 25.8 Å². The second-order valence-electron chi connectivity index (χ2n) is 4.30. The van der Waals surface area contributed by atoms with E-state index in [2.05, 4.69) is 41.5 Å². The lowest BCUT2D eigenvalue weighted by Gasteiger charge is -2.22. The van der Waals surface area contributed by atoms with Crippen LogP contribution in [-0.2, 0) is 6.54 Å². The van der Waals surface area contributed by atoms with Gasteiger partial charge in [0.25, 0.3) is 0 Å². The van der Waals surface area contributed by atoms with Crippen molar-refractivity contribution in [1.29, 1.82) is 0 Å². The molecule has 0 saturated carbocycles. The molecule has 1 aromatic heterocycles. The molecule has 2 heteroatoms. The molecule has 0 spiro atoms. The molecule has 0 aliphatic carbocycles. The molecule has 0 amide bonds. The molecule has 1 aliphatic heterocycles. The third kappa shape index (κ3) is 1.29. The van der Waals surface area contributed by atoms with E-state index in [1.807, 2.05) is 0 Å². The number of aromatic nitrogens is 1. The Balaban J connectivity index is 2.27. The van der Waals surface area contributed by atoms with Gasteiger partial charge in [0, 0.05) is 29.7 Å². The summed E-state index contributed by atoms with van der Waals surface area (Å²) in [6.07, 6.45) is 1.21. The van der Waals surface area contributed by atoms with Crippen molar-refractivity contribution in [3.63, 3.8) is 0 Å². The molecule has 0 radical (unpaired) electrons. The number of fused-ring (bicyclic) bond motifs is 3. The molecule has 2 nitrogen and oxygen atoms in total. The van der Waals surface area contributed by atoms with E-state index in [4.69, 9.17) is 0 Å². The first-order chi connectivity index (χ1) is 7.40. The largest absolute Gasteiger partial charge is 0.357 e. The lowest BCUT2D eigenvalue weighted by Crippen LogP contribution is -2.27. The maximum absolute atomic E-state index is 3.52. The van der Waals surface area contributed by atoms with E-state index in [1.165, 1.54) is 23.0 Å². The fourth-order valence-corrected chi connectivity index (χ4v) is 2.65. The van der Waals surface area contributed by atoms with Crippen molar-refractivity contribution in [3.05, 3.63) is 35.5 Å². The normalized spacial score (nSPS) is 20.5. The van der Waals surface area contributed by atoms with Crippen LogP contribution < -0.4 is 5.32 Å². The molecule has 0 fully saturated rings. The number of nitrogens with one attached hydrogen (secondary N) is 2. The number of para-hydroxylation sites is 1. The van der Waals surface area contributed by atoms with Gasteiger partial charge in [-0.05, 0) is 24.0 Å². The SMILES string of the molecule is CCC1CNCc2[nH]c3ccccc3c21. The molecular weight excluding hydrogens is 184 g/mol. The predicted octanol–water partition coefficient (Wildman–Crippen LogP) is 2.76. The van der Waals surface area contributed by atoms with Crippen molar-refractivity contribution in [3.8, 4) is 0 Å². The minimum absolute atomic E-state index is 0.671. The molecule has 2 N–H and O–H groups in total. The van der Waals surface area contributed by atoms with Crippen LogP contribution in [0.3, 0.4) is 0 Å². The average Bonchev–Trinajstić information content (AvgIpc) is 2.67. The number of rotatable bonds is 1. The molecule has 2 heterocycles. The van der Waals surface area contributed by atoms with Gasteiger partial charge in [0.1, 0.15) is 0 Å². The monoisotopic (exact) mass is 200 g/mol. The van der Waals surface area contributed by atoms with Crippen molar-refractivity contribution >= 4 is 10.9 Å². The first-order valence-corrected chi connectivity index (χ1v) is 5.70. The van der Waals surface area contributed by atoms with Crippen LogP contribution in [0.25, 0.3) is 10.9 Å². The van der Waals surface area contributed by atoms with Crippen LogP contribution >= 0.6 is 0 Å². The smallest absolute Gasteiger partial charge is 0.0459 e. The molecule has 1 unspecified atom stereocenters. The molecule has 15 heavy (non-hydrogen) atoms. The summed E-state index contributed by atoms with van der Waals surface area (Å²) in [6, 6.07) is 8.63. The maximum Gasteiger partial charge on any atom is 0.0459 e. The first-order valence-electron chi connectivity index (χ1n) is 5.70. The number of aromatic amines is 1. The fourth-order valence-electron chi connectivity index (χ4n) is 2.65. The Kier molecular flexibility index (Phi) is 2.03. The standard InChI is InChI=1S/C13H16N2/c1-2-9-7-14-8-12-13(9)10-5-3-4-6-11(10)15-12/h3-6,9,14-15H,2,7-8H2,1H3. The predicted molar refractivity (Wildman–Crippen MR) is 63.0 cm³/mol. The summed E-state index contributed by atoms with van der Waals surface area (Å²) in [6.45, 7) is 4.37. The lowest BCUT2D eigenvalue weighted by atomic mass is 9.91. The van der Waals surface area contributed by atoms with Gasteiger partial charge in [-0.3, -0.25) is 0 Å². The molecule has 3 rings (SSSR count). The van der Waals surface area contributed by atoms with Crippen molar-refractivity contribution in [1.82, 2.24) is 10.3 Å². The molecule has 1 aromatic carbocycles. The highest BCUT2D eigenvalue weighted by Gasteiger charge is 2.22. The highest BCUT2D eigenvalue weighted by atomic mass is 14.9. The van der Waals surface area contributed by atoms with Gasteiger partial charge in [0.2, 0.25) is 0 Å². The quantitative estimate of drug-likeness (QED) is 0.728. The second-order valence-corrected chi connectivity index (χ2v) is 4.30. The molecule has 1 aliphatic rings. The Hall–Kier alpha value is -1.28. The molecule has 0 bridgehead atoms. The van der Waals surface area contributed by atoms with Crippen LogP contribution in [0.4, 0.5) is 0 Å². The van der Waals surface area contributed by atoms with Crippen LogP contribution in [0.5, 0.6) is 0 Å². The van der Waals surface area contributed by atoms with Gasteiger partial charge in [-0.1, -0.05) is 25.1 Å². The number of H-pyrrole nitrogens is 1. The summed E-state index contributed by atoms with van der Waals surface area (Å²) >= 11 is 0. The van der Waals surface area contributed by atoms with Gasteiger partial charge in [0.05, 0.1) is 0 Å². The van der Waals surface area contributed by atoms with Crippen LogP contribution in [0.15, 0.2) is 24.3 Å². The third-order valence-electron chi connectivity index (χ3n) is 3.42. The van der Waals surface area contributed by atoms with Crippen molar-refractivity contribution in [2.24, 2.45) is 0 Å². The Bertz CT molecular complexity index is 484. The number of benzene rings is 1. The van der Waals surface area contributed by atoms with Crippen molar-refractivity contribution in [2.75, 3.05) is 6.54 Å². The minimum Gasteiger partial charge on any atom is -0.357 e. The zero-order valence-electron chi connectivity index (χ0n) is 9.01. The lowest BCUT2D eigenvalue weighted by molar-refractivity contribution is 0.529. The highest BCUT2D eigenvalue weighted by molar-refractivity contribution is 5.85. The zero-order valence-corrected chi connectivity index (χ0v) is 9.01. The van der Waals surface area contributed by atoms with Gasteiger partial charge in [-0.2, -0.15) is 0 Å². The van der Waals surface area contributed by atoms with E-state index >= 15 is 0 Å². The van der Waals surface area contributed by atoms with Gasteiger partial charge in [0.15, 0.2) is 0 Å². The van der Waals surface area contributed by atoms with E-state index < -0.39 is 0 Å². The highest BCUT2D eigenvalue weighted by Crippen LogP contribution is 2.33. The Morgan fingerprint density at radius 1 is 1.33 bits per heavy atom. The summed E-state index contributed by atoms with van der Waals surface area (Å²) in [5, 5.41) is 4.89. The summed E-state index contributed by atoms with van der Waals surface area (Å²) in [5.41, 5.74) is 4.21. The van der Waals surface area contributed by atoms with Gasteiger partial charge >= 0.3 is 0 Å². The summed E-state index contributed by atoms with van der Waals surface area (Å²) in [5.74, 6) is 0.671. The number of hydrogen-bond acceptors (Lipinski definition) is 1. The van der Waals surface area contributed by atoms with E-state index in [0.29, 0.717) is 5.92 Å². The van der Waals surface area contributed by atoms with Gasteiger partial charge < -0.3 is 10.3 Å². The van der Waals surface area contributed by atoms with Crippen LogP contribution in [0, 0.1) is 0 Å². The summed E-state index contributed by atoms with van der Waals surface area (Å²) in [4.78, 5) is 3.52. The summed E-state index contributed by atoms with van der Waals surface area (Å²) < 4.78 is 0. The van der Waals surface area contributed by atoms with Gasteiger partial charge in [-0.15, -0.1) is 0 Å². The van der Waals surface area contributed by atoms with Crippen LogP contribution in [0.2, 0.25) is 0 Å². The van der Waals surface area contributed by atoms with E-state index in [1.54, 1.807) is 5.56 Å². The number of hydrogen-bond donors (Lipinski definition) is 2. The average molecular weight is 200 g/mol. The van der Waals surface area contributed by atoms with Crippen molar-refractivity contribution < 1.29 is 0 Å². The molecule has 2 aromatic rings. The molecule has 1 atom stereocenters. The molecule has 78 valence electrons. The van der Waals surface area contributed by atoms with E-state index in [-0.39, 0.29) is 0 Å².